The summed E-state index contributed by atoms with van der Waals surface area (Å²) in [5, 5.41) is 2.74. The van der Waals surface area contributed by atoms with E-state index in [0.29, 0.717) is 49.1 Å². The molecule has 1 aromatic carbocycles. The van der Waals surface area contributed by atoms with Gasteiger partial charge in [-0.15, -0.1) is 0 Å². The Balaban J connectivity index is 1.56. The number of anilines is 2. The lowest BCUT2D eigenvalue weighted by atomic mass is 10.1. The molecule has 0 saturated carbocycles. The van der Waals surface area contributed by atoms with Crippen molar-refractivity contribution in [2.75, 3.05) is 36.4 Å². The Morgan fingerprint density at radius 3 is 2.50 bits per heavy atom. The van der Waals surface area contributed by atoms with Crippen LogP contribution in [0.3, 0.4) is 0 Å². The number of nitrogens with zero attached hydrogens (tertiary/aromatic N) is 4. The van der Waals surface area contributed by atoms with Crippen LogP contribution in [-0.4, -0.2) is 60.9 Å². The summed E-state index contributed by atoms with van der Waals surface area (Å²) in [5.74, 6) is 0.719. The Hall–Kier alpha value is -2.72. The number of nitrogens with one attached hydrogen (secondary N) is 1. The van der Waals surface area contributed by atoms with Crippen LogP contribution in [0.5, 0.6) is 5.75 Å². The van der Waals surface area contributed by atoms with Crippen LogP contribution in [0, 0.1) is 6.92 Å². The number of hydrogen-bond donors (Lipinski definition) is 1. The molecule has 1 unspecified atom stereocenters. The van der Waals surface area contributed by atoms with E-state index < -0.39 is 16.1 Å². The minimum Gasteiger partial charge on any atom is -0.479 e. The molecule has 0 radical (unpaired) electrons. The van der Waals surface area contributed by atoms with Crippen molar-refractivity contribution in [2.45, 2.75) is 24.8 Å². The fraction of sp³-hybridized carbons (Fsp3) is 0.389. The highest BCUT2D eigenvalue weighted by atomic mass is 32.2. The average Bonchev–Trinajstić information content (AvgIpc) is 2.69. The lowest BCUT2D eigenvalue weighted by Crippen LogP contribution is -2.49. The van der Waals surface area contributed by atoms with Crippen molar-refractivity contribution in [1.29, 1.82) is 0 Å². The number of aryl methyl sites for hydroxylation is 1. The largest absolute Gasteiger partial charge is 0.479 e. The van der Waals surface area contributed by atoms with Gasteiger partial charge in [-0.2, -0.15) is 4.31 Å². The molecule has 2 aliphatic rings. The standard InChI is InChI=1S/C18H21N5O4S/c1-12-10-14-15(27-13(2)17(24)21-14)11-16(12)28(25,26)23-8-6-22(7-9-23)18-19-4-3-5-20-18/h3-5,10-11,13H,6-9H2,1-2H3,(H,21,24). The number of hydrogen-bond acceptors (Lipinski definition) is 7. The van der Waals surface area contributed by atoms with E-state index >= 15 is 0 Å². The molecule has 4 rings (SSSR count). The van der Waals surface area contributed by atoms with Crippen molar-refractivity contribution >= 4 is 27.6 Å². The number of carbonyl (C=O) groups excluding carboxylic acids is 1. The number of aromatic nitrogens is 2. The molecule has 1 amide bonds. The van der Waals surface area contributed by atoms with Crippen molar-refractivity contribution in [1.82, 2.24) is 14.3 Å². The maximum Gasteiger partial charge on any atom is 0.265 e. The first kappa shape index (κ1) is 18.6. The number of fused-ring (bicyclic) bond motifs is 1. The van der Waals surface area contributed by atoms with Crippen LogP contribution < -0.4 is 15.0 Å². The molecule has 1 N–H and O–H groups in total. The Morgan fingerprint density at radius 1 is 1.14 bits per heavy atom. The second-order valence-corrected chi connectivity index (χ2v) is 8.71. The maximum absolute atomic E-state index is 13.2. The molecule has 1 atom stereocenters. The molecule has 0 aliphatic carbocycles. The molecule has 2 aliphatic heterocycles. The molecule has 3 heterocycles. The molecule has 28 heavy (non-hydrogen) atoms. The number of carbonyl (C=O) groups is 1. The molecule has 0 spiro atoms. The second kappa shape index (κ2) is 7.02. The molecule has 1 fully saturated rings. The topological polar surface area (TPSA) is 105 Å². The zero-order valence-corrected chi connectivity index (χ0v) is 16.4. The van der Waals surface area contributed by atoms with E-state index in [4.69, 9.17) is 4.74 Å². The molecular formula is C18H21N5O4S. The highest BCUT2D eigenvalue weighted by Crippen LogP contribution is 2.35. The van der Waals surface area contributed by atoms with E-state index in [-0.39, 0.29) is 10.8 Å². The molecule has 10 heteroatoms. The van der Waals surface area contributed by atoms with E-state index in [1.165, 1.54) is 10.4 Å². The van der Waals surface area contributed by atoms with Crippen LogP contribution in [-0.2, 0) is 14.8 Å². The predicted octanol–water partition coefficient (Wildman–Crippen LogP) is 1.02. The first-order chi connectivity index (χ1) is 13.4. The normalized spacial score (nSPS) is 20.3. The third-order valence-electron chi connectivity index (χ3n) is 4.90. The molecule has 9 nitrogen and oxygen atoms in total. The Morgan fingerprint density at radius 2 is 1.82 bits per heavy atom. The average molecular weight is 403 g/mol. The van der Waals surface area contributed by atoms with Crippen molar-refractivity contribution in [3.8, 4) is 5.75 Å². The molecule has 1 saturated heterocycles. The molecule has 0 bridgehead atoms. The summed E-state index contributed by atoms with van der Waals surface area (Å²) in [6, 6.07) is 4.89. The highest BCUT2D eigenvalue weighted by Gasteiger charge is 2.33. The summed E-state index contributed by atoms with van der Waals surface area (Å²) in [6.45, 7) is 5.03. The summed E-state index contributed by atoms with van der Waals surface area (Å²) >= 11 is 0. The number of benzene rings is 1. The van der Waals surface area contributed by atoms with Crippen molar-refractivity contribution in [3.63, 3.8) is 0 Å². The minimum absolute atomic E-state index is 0.194. The van der Waals surface area contributed by atoms with Gasteiger partial charge in [0.2, 0.25) is 16.0 Å². The maximum atomic E-state index is 13.2. The molecule has 2 aromatic rings. The summed E-state index contributed by atoms with van der Waals surface area (Å²) in [4.78, 5) is 22.4. The second-order valence-electron chi connectivity index (χ2n) is 6.80. The van der Waals surface area contributed by atoms with E-state index in [2.05, 4.69) is 15.3 Å². The van der Waals surface area contributed by atoms with Crippen LogP contribution in [0.25, 0.3) is 0 Å². The minimum atomic E-state index is -3.69. The molecule has 148 valence electrons. The van der Waals surface area contributed by atoms with Gasteiger partial charge in [-0.1, -0.05) is 0 Å². The summed E-state index contributed by atoms with van der Waals surface area (Å²) < 4.78 is 33.5. The highest BCUT2D eigenvalue weighted by molar-refractivity contribution is 7.89. The van der Waals surface area contributed by atoms with Gasteiger partial charge in [0, 0.05) is 44.6 Å². The smallest absolute Gasteiger partial charge is 0.265 e. The van der Waals surface area contributed by atoms with Crippen LogP contribution in [0.15, 0.2) is 35.5 Å². The van der Waals surface area contributed by atoms with Gasteiger partial charge in [-0.05, 0) is 31.5 Å². The van der Waals surface area contributed by atoms with Gasteiger partial charge in [-0.3, -0.25) is 4.79 Å². The van der Waals surface area contributed by atoms with Crippen molar-refractivity contribution < 1.29 is 17.9 Å². The Bertz CT molecular complexity index is 1000. The third kappa shape index (κ3) is 3.29. The summed E-state index contributed by atoms with van der Waals surface area (Å²) in [5.41, 5.74) is 1.05. The van der Waals surface area contributed by atoms with E-state index in [1.807, 2.05) is 4.90 Å². The van der Waals surface area contributed by atoms with Gasteiger partial charge in [0.05, 0.1) is 10.6 Å². The van der Waals surface area contributed by atoms with Crippen LogP contribution in [0.4, 0.5) is 11.6 Å². The fourth-order valence-electron chi connectivity index (χ4n) is 3.34. The van der Waals surface area contributed by atoms with Gasteiger partial charge in [0.15, 0.2) is 6.10 Å². The Labute approximate surface area is 163 Å². The molecule has 1 aromatic heterocycles. The van der Waals surface area contributed by atoms with Gasteiger partial charge in [0.1, 0.15) is 5.75 Å². The number of sulfonamides is 1. The lowest BCUT2D eigenvalue weighted by Gasteiger charge is -2.34. The summed E-state index contributed by atoms with van der Waals surface area (Å²) in [7, 11) is -3.69. The zero-order chi connectivity index (χ0) is 19.9. The first-order valence-electron chi connectivity index (χ1n) is 9.00. The summed E-state index contributed by atoms with van der Waals surface area (Å²) in [6.07, 6.45) is 2.67. The van der Waals surface area contributed by atoms with Gasteiger partial charge >= 0.3 is 0 Å². The molecular weight excluding hydrogens is 382 g/mol. The van der Waals surface area contributed by atoms with Crippen molar-refractivity contribution in [3.05, 3.63) is 36.2 Å². The third-order valence-corrected chi connectivity index (χ3v) is 6.94. The lowest BCUT2D eigenvalue weighted by molar-refractivity contribution is -0.122. The van der Waals surface area contributed by atoms with Gasteiger partial charge in [-0.25, -0.2) is 18.4 Å². The van der Waals surface area contributed by atoms with Gasteiger partial charge < -0.3 is 15.0 Å². The van der Waals surface area contributed by atoms with Crippen molar-refractivity contribution in [2.24, 2.45) is 0 Å². The predicted molar refractivity (Wildman–Crippen MR) is 103 cm³/mol. The quantitative estimate of drug-likeness (QED) is 0.816. The van der Waals surface area contributed by atoms with Crippen LogP contribution in [0.2, 0.25) is 0 Å². The SMILES string of the molecule is Cc1cc2c(cc1S(=O)(=O)N1CCN(c3ncccn3)CC1)OC(C)C(=O)N2. The van der Waals surface area contributed by atoms with Gasteiger partial charge in [0.25, 0.3) is 5.91 Å². The number of rotatable bonds is 3. The Kier molecular flexibility index (Phi) is 4.68. The zero-order valence-electron chi connectivity index (χ0n) is 15.6. The van der Waals surface area contributed by atoms with E-state index in [9.17, 15) is 13.2 Å². The number of ether oxygens (including phenoxy) is 1. The van der Waals surface area contributed by atoms with E-state index in [1.54, 1.807) is 38.4 Å². The fourth-order valence-corrected chi connectivity index (χ4v) is 4.99. The first-order valence-corrected chi connectivity index (χ1v) is 10.4. The monoisotopic (exact) mass is 403 g/mol. The number of piperazine rings is 1. The van der Waals surface area contributed by atoms with E-state index in [0.717, 1.165) is 0 Å². The van der Waals surface area contributed by atoms with Crippen LogP contribution in [0.1, 0.15) is 12.5 Å². The van der Waals surface area contributed by atoms with Crippen LogP contribution >= 0.6 is 0 Å². The number of amides is 1.